The van der Waals surface area contributed by atoms with Crippen LogP contribution in [0.25, 0.3) is 0 Å². The highest BCUT2D eigenvalue weighted by atomic mass is 79.9. The van der Waals surface area contributed by atoms with Crippen LogP contribution < -0.4 is 15.5 Å². The maximum Gasteiger partial charge on any atom is 0.252 e. The highest BCUT2D eigenvalue weighted by Crippen LogP contribution is 2.21. The Morgan fingerprint density at radius 2 is 1.96 bits per heavy atom. The minimum Gasteiger partial charge on any atom is -0.496 e. The summed E-state index contributed by atoms with van der Waals surface area (Å²) in [6.45, 7) is 1.40. The molecule has 0 heterocycles. The number of benzene rings is 2. The summed E-state index contributed by atoms with van der Waals surface area (Å²) < 4.78 is 19.6. The van der Waals surface area contributed by atoms with Gasteiger partial charge in [0.25, 0.3) is 5.91 Å². The molecule has 0 saturated heterocycles. The Morgan fingerprint density at radius 3 is 2.65 bits per heavy atom. The van der Waals surface area contributed by atoms with Gasteiger partial charge in [-0.1, -0.05) is 28.1 Å². The number of methoxy groups -OCH3 is 1. The molecule has 2 aromatic carbocycles. The SMILES string of the molecule is COc1ccc(Br)cc1C=NNC(=O)C(C)C(=O)Nc1ccccc1F. The molecule has 8 heteroatoms. The normalized spacial score (nSPS) is 11.8. The van der Waals surface area contributed by atoms with Gasteiger partial charge >= 0.3 is 0 Å². The van der Waals surface area contributed by atoms with Crippen molar-refractivity contribution in [2.24, 2.45) is 11.0 Å². The fourth-order valence-electron chi connectivity index (χ4n) is 1.99. The van der Waals surface area contributed by atoms with E-state index in [9.17, 15) is 14.0 Å². The van der Waals surface area contributed by atoms with Crippen LogP contribution in [0.4, 0.5) is 10.1 Å². The molecule has 0 bridgehead atoms. The van der Waals surface area contributed by atoms with E-state index in [2.05, 4.69) is 31.8 Å². The van der Waals surface area contributed by atoms with E-state index in [1.54, 1.807) is 18.2 Å². The molecular weight excluding hydrogens is 405 g/mol. The van der Waals surface area contributed by atoms with Crippen molar-refractivity contribution >= 4 is 39.6 Å². The zero-order valence-corrected chi connectivity index (χ0v) is 15.7. The molecule has 2 rings (SSSR count). The molecule has 0 aromatic heterocycles. The number of carbonyl (C=O) groups excluding carboxylic acids is 2. The lowest BCUT2D eigenvalue weighted by atomic mass is 10.1. The number of halogens is 2. The third-order valence-electron chi connectivity index (χ3n) is 3.49. The van der Waals surface area contributed by atoms with Crippen molar-refractivity contribution in [1.82, 2.24) is 5.43 Å². The van der Waals surface area contributed by atoms with Gasteiger partial charge < -0.3 is 10.1 Å². The molecule has 26 heavy (non-hydrogen) atoms. The van der Waals surface area contributed by atoms with Crippen molar-refractivity contribution in [3.63, 3.8) is 0 Å². The second-order valence-corrected chi connectivity index (χ2v) is 6.23. The Bertz CT molecular complexity index is 842. The molecule has 6 nitrogen and oxygen atoms in total. The summed E-state index contributed by atoms with van der Waals surface area (Å²) in [5.74, 6) is -2.31. The first-order valence-electron chi connectivity index (χ1n) is 7.64. The predicted molar refractivity (Wildman–Crippen MR) is 101 cm³/mol. The molecular formula is C18H17BrFN3O3. The molecule has 2 aromatic rings. The Morgan fingerprint density at radius 1 is 1.23 bits per heavy atom. The molecule has 0 saturated carbocycles. The summed E-state index contributed by atoms with van der Waals surface area (Å²) in [7, 11) is 1.52. The minimum atomic E-state index is -1.06. The lowest BCUT2D eigenvalue weighted by molar-refractivity contribution is -0.131. The van der Waals surface area contributed by atoms with Crippen LogP contribution in [0.1, 0.15) is 12.5 Å². The first-order chi connectivity index (χ1) is 12.4. The molecule has 0 aliphatic carbocycles. The summed E-state index contributed by atoms with van der Waals surface area (Å²) in [6, 6.07) is 11.0. The lowest BCUT2D eigenvalue weighted by Gasteiger charge is -2.11. The largest absolute Gasteiger partial charge is 0.496 e. The van der Waals surface area contributed by atoms with E-state index in [0.717, 1.165) is 4.47 Å². The fraction of sp³-hybridized carbons (Fsp3) is 0.167. The van der Waals surface area contributed by atoms with Crippen LogP contribution in [0.2, 0.25) is 0 Å². The van der Waals surface area contributed by atoms with Gasteiger partial charge in [-0.3, -0.25) is 9.59 Å². The Hall–Kier alpha value is -2.74. The number of para-hydroxylation sites is 1. The molecule has 0 aliphatic heterocycles. The third-order valence-corrected chi connectivity index (χ3v) is 3.98. The van der Waals surface area contributed by atoms with E-state index in [0.29, 0.717) is 11.3 Å². The highest BCUT2D eigenvalue weighted by molar-refractivity contribution is 9.10. The van der Waals surface area contributed by atoms with Crippen LogP contribution in [-0.2, 0) is 9.59 Å². The number of rotatable bonds is 6. The molecule has 136 valence electrons. The average Bonchev–Trinajstić information content (AvgIpc) is 2.63. The number of ether oxygens (including phenoxy) is 1. The molecule has 2 amide bonds. The number of hydrogen-bond donors (Lipinski definition) is 2. The van der Waals surface area contributed by atoms with E-state index >= 15 is 0 Å². The Kier molecular flexibility index (Phi) is 6.85. The van der Waals surface area contributed by atoms with E-state index in [4.69, 9.17) is 4.74 Å². The van der Waals surface area contributed by atoms with Gasteiger partial charge in [-0.2, -0.15) is 5.10 Å². The fourth-order valence-corrected chi connectivity index (χ4v) is 2.37. The van der Waals surface area contributed by atoms with E-state index in [-0.39, 0.29) is 5.69 Å². The topological polar surface area (TPSA) is 79.8 Å². The van der Waals surface area contributed by atoms with Crippen molar-refractivity contribution in [3.05, 3.63) is 58.3 Å². The van der Waals surface area contributed by atoms with Crippen LogP contribution in [0.3, 0.4) is 0 Å². The van der Waals surface area contributed by atoms with Crippen LogP contribution in [0.15, 0.2) is 52.0 Å². The molecule has 2 N–H and O–H groups in total. The van der Waals surface area contributed by atoms with Crippen LogP contribution in [0.5, 0.6) is 5.75 Å². The molecule has 0 aliphatic rings. The van der Waals surface area contributed by atoms with Crippen LogP contribution in [-0.4, -0.2) is 25.1 Å². The molecule has 1 atom stereocenters. The highest BCUT2D eigenvalue weighted by Gasteiger charge is 2.22. The van der Waals surface area contributed by atoms with Gasteiger partial charge in [0.2, 0.25) is 5.91 Å². The first kappa shape index (κ1) is 19.6. The number of nitrogens with zero attached hydrogens (tertiary/aromatic N) is 1. The van der Waals surface area contributed by atoms with Crippen molar-refractivity contribution in [2.75, 3.05) is 12.4 Å². The number of hydrogen-bond acceptors (Lipinski definition) is 4. The first-order valence-corrected chi connectivity index (χ1v) is 8.43. The van der Waals surface area contributed by atoms with Crippen LogP contribution in [0, 0.1) is 11.7 Å². The monoisotopic (exact) mass is 421 g/mol. The Labute approximate surface area is 158 Å². The van der Waals surface area contributed by atoms with Gasteiger partial charge in [0, 0.05) is 10.0 Å². The van der Waals surface area contributed by atoms with Gasteiger partial charge in [-0.15, -0.1) is 0 Å². The van der Waals surface area contributed by atoms with Crippen molar-refractivity contribution in [1.29, 1.82) is 0 Å². The van der Waals surface area contributed by atoms with Gasteiger partial charge in [-0.05, 0) is 37.3 Å². The van der Waals surface area contributed by atoms with Gasteiger partial charge in [0.15, 0.2) is 0 Å². The predicted octanol–water partition coefficient (Wildman–Crippen LogP) is 3.32. The average molecular weight is 422 g/mol. The van der Waals surface area contributed by atoms with Crippen molar-refractivity contribution in [2.45, 2.75) is 6.92 Å². The number of amides is 2. The smallest absolute Gasteiger partial charge is 0.252 e. The zero-order valence-electron chi connectivity index (χ0n) is 14.1. The lowest BCUT2D eigenvalue weighted by Crippen LogP contribution is -2.34. The number of anilines is 1. The second-order valence-electron chi connectivity index (χ2n) is 5.31. The maximum absolute atomic E-state index is 13.6. The summed E-state index contributed by atoms with van der Waals surface area (Å²) >= 11 is 3.34. The van der Waals surface area contributed by atoms with Gasteiger partial charge in [0.1, 0.15) is 17.5 Å². The number of carbonyl (C=O) groups is 2. The van der Waals surface area contributed by atoms with Gasteiger partial charge in [-0.25, -0.2) is 9.82 Å². The number of nitrogens with one attached hydrogen (secondary N) is 2. The maximum atomic E-state index is 13.6. The van der Waals surface area contributed by atoms with E-state index in [1.807, 2.05) is 6.07 Å². The summed E-state index contributed by atoms with van der Waals surface area (Å²) in [4.78, 5) is 24.1. The summed E-state index contributed by atoms with van der Waals surface area (Å²) in [5, 5.41) is 6.21. The van der Waals surface area contributed by atoms with E-state index < -0.39 is 23.5 Å². The summed E-state index contributed by atoms with van der Waals surface area (Å²) in [5.41, 5.74) is 2.95. The quantitative estimate of drug-likeness (QED) is 0.426. The number of hydrazone groups is 1. The molecule has 0 radical (unpaired) electrons. The summed E-state index contributed by atoms with van der Waals surface area (Å²) in [6.07, 6.45) is 1.41. The van der Waals surface area contributed by atoms with Crippen molar-refractivity contribution in [3.8, 4) is 5.75 Å². The minimum absolute atomic E-state index is 0.0134. The molecule has 0 spiro atoms. The van der Waals surface area contributed by atoms with E-state index in [1.165, 1.54) is 38.4 Å². The van der Waals surface area contributed by atoms with Crippen LogP contribution >= 0.6 is 15.9 Å². The molecule has 1 unspecified atom stereocenters. The van der Waals surface area contributed by atoms with Crippen molar-refractivity contribution < 1.29 is 18.7 Å². The zero-order chi connectivity index (χ0) is 19.1. The molecule has 0 fully saturated rings. The third kappa shape index (κ3) is 5.13. The van der Waals surface area contributed by atoms with Gasteiger partial charge in [0.05, 0.1) is 19.0 Å². The standard InChI is InChI=1S/C18H17BrFN3O3/c1-11(17(24)22-15-6-4-3-5-14(15)20)18(25)23-21-10-12-9-13(19)7-8-16(12)26-2/h3-11H,1-2H3,(H,22,24)(H,23,25). The Balaban J connectivity index is 1.98. The second kappa shape index (κ2) is 9.10.